The van der Waals surface area contributed by atoms with Crippen LogP contribution in [-0.4, -0.2) is 24.7 Å². The van der Waals surface area contributed by atoms with E-state index in [9.17, 15) is 4.79 Å². The van der Waals surface area contributed by atoms with Crippen molar-refractivity contribution in [3.05, 3.63) is 12.1 Å². The van der Waals surface area contributed by atoms with Crippen LogP contribution in [-0.2, 0) is 4.79 Å². The van der Waals surface area contributed by atoms with Crippen LogP contribution in [0.2, 0.25) is 0 Å². The molecular formula is C7H10N2O3. The second-order valence-electron chi connectivity index (χ2n) is 2.08. The highest BCUT2D eigenvalue weighted by atomic mass is 16.4. The van der Waals surface area contributed by atoms with Crippen molar-refractivity contribution in [2.75, 3.05) is 23.8 Å². The molecule has 1 heterocycles. The number of anilines is 2. The van der Waals surface area contributed by atoms with E-state index in [1.165, 1.54) is 0 Å². The molecule has 5 nitrogen and oxygen atoms in total. The number of amides is 1. The third kappa shape index (κ3) is 2.28. The average molecular weight is 170 g/mol. The molecule has 0 aliphatic rings. The van der Waals surface area contributed by atoms with Gasteiger partial charge in [0, 0.05) is 18.7 Å². The summed E-state index contributed by atoms with van der Waals surface area (Å²) in [6.07, 6.45) is 0.536. The maximum absolute atomic E-state index is 9.97. The molecular weight excluding hydrogens is 160 g/mol. The molecule has 5 heteroatoms. The molecule has 0 radical (unpaired) electrons. The monoisotopic (exact) mass is 170 g/mol. The molecule has 0 fully saturated rings. The SMILES string of the molecule is O=CNc1ccc(NCCO)o1. The molecule has 0 atom stereocenters. The highest BCUT2D eigenvalue weighted by molar-refractivity contribution is 5.68. The maximum Gasteiger partial charge on any atom is 0.213 e. The number of aliphatic hydroxyl groups is 1. The molecule has 1 aromatic rings. The van der Waals surface area contributed by atoms with Crippen LogP contribution in [0.25, 0.3) is 0 Å². The van der Waals surface area contributed by atoms with Gasteiger partial charge in [0.15, 0.2) is 5.88 Å². The Kier molecular flexibility index (Phi) is 3.16. The van der Waals surface area contributed by atoms with E-state index in [0.29, 0.717) is 24.7 Å². The van der Waals surface area contributed by atoms with Crippen LogP contribution in [0, 0.1) is 0 Å². The largest absolute Gasteiger partial charge is 0.425 e. The number of nitrogens with one attached hydrogen (secondary N) is 2. The summed E-state index contributed by atoms with van der Waals surface area (Å²) in [6, 6.07) is 3.29. The van der Waals surface area contributed by atoms with Crippen molar-refractivity contribution in [3.8, 4) is 0 Å². The van der Waals surface area contributed by atoms with Gasteiger partial charge >= 0.3 is 0 Å². The summed E-state index contributed by atoms with van der Waals surface area (Å²) in [5, 5.41) is 13.6. The standard InChI is InChI=1S/C7H10N2O3/c10-4-3-8-6-1-2-7(12-6)9-5-11/h1-2,5,8,10H,3-4H2,(H,9,11). The molecule has 66 valence electrons. The number of carbonyl (C=O) groups excluding carboxylic acids is 1. The Labute approximate surface area is 69.4 Å². The van der Waals surface area contributed by atoms with Crippen molar-refractivity contribution in [3.63, 3.8) is 0 Å². The molecule has 1 aromatic heterocycles. The fourth-order valence-electron chi connectivity index (χ4n) is 0.748. The minimum atomic E-state index is 0.0388. The van der Waals surface area contributed by atoms with Gasteiger partial charge in [-0.25, -0.2) is 0 Å². The van der Waals surface area contributed by atoms with E-state index in [1.807, 2.05) is 0 Å². The van der Waals surface area contributed by atoms with Gasteiger partial charge in [0.05, 0.1) is 6.61 Å². The van der Waals surface area contributed by atoms with Crippen molar-refractivity contribution in [1.29, 1.82) is 0 Å². The third-order valence-corrected chi connectivity index (χ3v) is 1.22. The van der Waals surface area contributed by atoms with Crippen LogP contribution < -0.4 is 10.6 Å². The van der Waals surface area contributed by atoms with Crippen molar-refractivity contribution in [1.82, 2.24) is 0 Å². The molecule has 0 saturated carbocycles. The van der Waals surface area contributed by atoms with Gasteiger partial charge in [-0.1, -0.05) is 0 Å². The smallest absolute Gasteiger partial charge is 0.213 e. The number of carbonyl (C=O) groups is 1. The van der Waals surface area contributed by atoms with E-state index in [4.69, 9.17) is 9.52 Å². The van der Waals surface area contributed by atoms with E-state index >= 15 is 0 Å². The van der Waals surface area contributed by atoms with Crippen LogP contribution in [0.4, 0.5) is 11.8 Å². The Balaban J connectivity index is 2.46. The Morgan fingerprint density at radius 3 is 2.92 bits per heavy atom. The summed E-state index contributed by atoms with van der Waals surface area (Å²) in [7, 11) is 0. The molecule has 1 amide bonds. The lowest BCUT2D eigenvalue weighted by Gasteiger charge is -1.97. The average Bonchev–Trinajstić information content (AvgIpc) is 2.50. The molecule has 0 aliphatic heterocycles. The fraction of sp³-hybridized carbons (Fsp3) is 0.286. The van der Waals surface area contributed by atoms with Gasteiger partial charge in [0.1, 0.15) is 0 Å². The van der Waals surface area contributed by atoms with Crippen molar-refractivity contribution >= 4 is 18.2 Å². The number of aliphatic hydroxyl groups excluding tert-OH is 1. The van der Waals surface area contributed by atoms with Crippen LogP contribution in [0.1, 0.15) is 0 Å². The first-order valence-corrected chi connectivity index (χ1v) is 3.51. The summed E-state index contributed by atoms with van der Waals surface area (Å²) < 4.78 is 5.06. The van der Waals surface area contributed by atoms with E-state index < -0.39 is 0 Å². The van der Waals surface area contributed by atoms with E-state index in [2.05, 4.69) is 10.6 Å². The van der Waals surface area contributed by atoms with Crippen molar-refractivity contribution in [2.45, 2.75) is 0 Å². The van der Waals surface area contributed by atoms with Gasteiger partial charge in [-0.3, -0.25) is 10.1 Å². The Morgan fingerprint density at radius 1 is 1.50 bits per heavy atom. The van der Waals surface area contributed by atoms with Crippen LogP contribution >= 0.6 is 0 Å². The number of hydrogen-bond acceptors (Lipinski definition) is 4. The van der Waals surface area contributed by atoms with E-state index in [-0.39, 0.29) is 6.61 Å². The second kappa shape index (κ2) is 4.40. The van der Waals surface area contributed by atoms with Crippen molar-refractivity contribution < 1.29 is 14.3 Å². The lowest BCUT2D eigenvalue weighted by atomic mass is 10.5. The van der Waals surface area contributed by atoms with Crippen LogP contribution in [0.3, 0.4) is 0 Å². The van der Waals surface area contributed by atoms with Gasteiger partial charge in [0.25, 0.3) is 0 Å². The molecule has 12 heavy (non-hydrogen) atoms. The molecule has 0 spiro atoms. The van der Waals surface area contributed by atoms with E-state index in [1.54, 1.807) is 12.1 Å². The number of hydrogen-bond donors (Lipinski definition) is 3. The lowest BCUT2D eigenvalue weighted by molar-refractivity contribution is -0.105. The molecule has 0 aliphatic carbocycles. The van der Waals surface area contributed by atoms with E-state index in [0.717, 1.165) is 0 Å². The summed E-state index contributed by atoms with van der Waals surface area (Å²) in [5.41, 5.74) is 0. The Bertz CT molecular complexity index is 247. The molecule has 3 N–H and O–H groups in total. The van der Waals surface area contributed by atoms with Gasteiger partial charge in [-0.05, 0) is 0 Å². The molecule has 0 saturated heterocycles. The quantitative estimate of drug-likeness (QED) is 0.554. The van der Waals surface area contributed by atoms with Gasteiger partial charge in [-0.2, -0.15) is 0 Å². The maximum atomic E-state index is 9.97. The Morgan fingerprint density at radius 2 is 2.25 bits per heavy atom. The summed E-state index contributed by atoms with van der Waals surface area (Å²) in [4.78, 5) is 9.97. The lowest BCUT2D eigenvalue weighted by Crippen LogP contribution is -2.04. The normalized spacial score (nSPS) is 9.42. The van der Waals surface area contributed by atoms with Gasteiger partial charge in [0.2, 0.25) is 12.3 Å². The zero-order valence-corrected chi connectivity index (χ0v) is 6.41. The second-order valence-corrected chi connectivity index (χ2v) is 2.08. The first kappa shape index (κ1) is 8.61. The molecule has 0 unspecified atom stereocenters. The zero-order chi connectivity index (χ0) is 8.81. The van der Waals surface area contributed by atoms with Crippen molar-refractivity contribution in [2.24, 2.45) is 0 Å². The van der Waals surface area contributed by atoms with Gasteiger partial charge < -0.3 is 14.8 Å². The summed E-state index contributed by atoms with van der Waals surface area (Å²) in [5.74, 6) is 0.902. The molecule has 0 aromatic carbocycles. The predicted octanol–water partition coefficient (Wildman–Crippen LogP) is 0.252. The summed E-state index contributed by atoms with van der Waals surface area (Å²) in [6.45, 7) is 0.463. The summed E-state index contributed by atoms with van der Waals surface area (Å²) >= 11 is 0. The highest BCUT2D eigenvalue weighted by Gasteiger charge is 1.98. The number of furan rings is 1. The minimum absolute atomic E-state index is 0.0388. The first-order valence-electron chi connectivity index (χ1n) is 3.51. The molecule has 1 rings (SSSR count). The topological polar surface area (TPSA) is 74.5 Å². The Hall–Kier alpha value is -1.49. The van der Waals surface area contributed by atoms with Crippen LogP contribution in [0.5, 0.6) is 0 Å². The first-order chi connectivity index (χ1) is 5.86. The third-order valence-electron chi connectivity index (χ3n) is 1.22. The van der Waals surface area contributed by atoms with Gasteiger partial charge in [-0.15, -0.1) is 0 Å². The zero-order valence-electron chi connectivity index (χ0n) is 6.41. The predicted molar refractivity (Wildman–Crippen MR) is 44.0 cm³/mol. The number of rotatable bonds is 5. The molecule has 0 bridgehead atoms. The van der Waals surface area contributed by atoms with Crippen LogP contribution in [0.15, 0.2) is 16.5 Å². The minimum Gasteiger partial charge on any atom is -0.425 e. The fourth-order valence-corrected chi connectivity index (χ4v) is 0.748. The highest BCUT2D eigenvalue weighted by Crippen LogP contribution is 2.16.